The van der Waals surface area contributed by atoms with Crippen LogP contribution in [0.5, 0.6) is 0 Å². The molecule has 0 radical (unpaired) electrons. The molecular weight excluding hydrogens is 280 g/mol. The number of hydrogen-bond donors (Lipinski definition) is 1. The number of carbonyl (C=O) groups is 2. The van der Waals surface area contributed by atoms with E-state index in [1.54, 1.807) is 6.20 Å². The molecule has 1 fully saturated rings. The van der Waals surface area contributed by atoms with Crippen molar-refractivity contribution in [2.24, 2.45) is 5.92 Å². The summed E-state index contributed by atoms with van der Waals surface area (Å²) in [5, 5.41) is 9.21. The number of carbonyl (C=O) groups excluding carboxylic acids is 1. The predicted octanol–water partition coefficient (Wildman–Crippen LogP) is 2.63. The topological polar surface area (TPSA) is 70.5 Å². The first-order valence-electron chi connectivity index (χ1n) is 8.12. The van der Waals surface area contributed by atoms with Gasteiger partial charge in [-0.15, -0.1) is 0 Å². The monoisotopic (exact) mass is 302 g/mol. The Bertz CT molecular complexity index is 579. The fraction of sp³-hybridized carbons (Fsp3) is 0.588. The van der Waals surface area contributed by atoms with E-state index in [0.717, 1.165) is 11.1 Å². The van der Waals surface area contributed by atoms with Crippen LogP contribution in [0.4, 0.5) is 0 Å². The van der Waals surface area contributed by atoms with Crippen molar-refractivity contribution in [3.63, 3.8) is 0 Å². The third-order valence-corrected chi connectivity index (χ3v) is 4.91. The number of aromatic carboxylic acids is 1. The van der Waals surface area contributed by atoms with Gasteiger partial charge in [0.15, 0.2) is 0 Å². The van der Waals surface area contributed by atoms with Crippen LogP contribution in [-0.4, -0.2) is 33.4 Å². The fourth-order valence-corrected chi connectivity index (χ4v) is 3.66. The smallest absolute Gasteiger partial charge is 0.337 e. The lowest BCUT2D eigenvalue weighted by Gasteiger charge is -2.31. The van der Waals surface area contributed by atoms with E-state index in [1.165, 1.54) is 38.3 Å². The number of amides is 1. The van der Waals surface area contributed by atoms with Crippen molar-refractivity contribution in [1.82, 2.24) is 9.88 Å². The molecule has 2 heterocycles. The van der Waals surface area contributed by atoms with E-state index in [-0.39, 0.29) is 11.5 Å². The van der Waals surface area contributed by atoms with Crippen LogP contribution >= 0.6 is 0 Å². The van der Waals surface area contributed by atoms with E-state index in [4.69, 9.17) is 0 Å². The molecule has 5 heteroatoms. The Balaban J connectivity index is 1.67. The Morgan fingerprint density at radius 2 is 2.00 bits per heavy atom. The Morgan fingerprint density at radius 1 is 1.23 bits per heavy atom. The average Bonchev–Trinajstić information content (AvgIpc) is 2.54. The van der Waals surface area contributed by atoms with Crippen molar-refractivity contribution >= 4 is 11.9 Å². The summed E-state index contributed by atoms with van der Waals surface area (Å²) >= 11 is 0. The molecule has 1 amide bonds. The molecule has 0 bridgehead atoms. The summed E-state index contributed by atoms with van der Waals surface area (Å²) < 4.78 is 0. The predicted molar refractivity (Wildman–Crippen MR) is 81.5 cm³/mol. The lowest BCUT2D eigenvalue weighted by molar-refractivity contribution is -0.133. The highest BCUT2D eigenvalue weighted by atomic mass is 16.4. The summed E-state index contributed by atoms with van der Waals surface area (Å²) in [6, 6.07) is 0. The number of nitrogens with zero attached hydrogens (tertiary/aromatic N) is 2. The first kappa shape index (κ1) is 15.0. The number of rotatable bonds is 3. The maximum Gasteiger partial charge on any atom is 0.337 e. The van der Waals surface area contributed by atoms with E-state index < -0.39 is 5.97 Å². The maximum atomic E-state index is 12.5. The molecular formula is C17H22N2O3. The SMILES string of the molecule is O=C(O)c1cncc2c1CCN(C(=O)CC1CCCCC1)C2. The average molecular weight is 302 g/mol. The minimum Gasteiger partial charge on any atom is -0.478 e. The molecule has 0 atom stereocenters. The number of carboxylic acids is 1. The zero-order valence-electron chi connectivity index (χ0n) is 12.8. The number of aromatic nitrogens is 1. The van der Waals surface area contributed by atoms with Crippen LogP contribution in [-0.2, 0) is 17.8 Å². The second kappa shape index (κ2) is 6.46. The Hall–Kier alpha value is -1.91. The Kier molecular flexibility index (Phi) is 4.41. The van der Waals surface area contributed by atoms with Crippen molar-refractivity contribution in [2.75, 3.05) is 6.54 Å². The van der Waals surface area contributed by atoms with Crippen molar-refractivity contribution in [3.8, 4) is 0 Å². The van der Waals surface area contributed by atoms with Gasteiger partial charge in [-0.05, 0) is 36.3 Å². The van der Waals surface area contributed by atoms with E-state index in [2.05, 4.69) is 4.98 Å². The van der Waals surface area contributed by atoms with Crippen LogP contribution in [0.1, 0.15) is 60.0 Å². The van der Waals surface area contributed by atoms with Crippen molar-refractivity contribution in [1.29, 1.82) is 0 Å². The standard InChI is InChI=1S/C17H22N2O3/c20-16(8-12-4-2-1-3-5-12)19-7-6-14-13(11-19)9-18-10-15(14)17(21)22/h9-10,12H,1-8,11H2,(H,21,22). The van der Waals surface area contributed by atoms with Gasteiger partial charge in [0, 0.05) is 31.9 Å². The summed E-state index contributed by atoms with van der Waals surface area (Å²) in [5.41, 5.74) is 1.99. The second-order valence-electron chi connectivity index (χ2n) is 6.40. The summed E-state index contributed by atoms with van der Waals surface area (Å²) in [4.78, 5) is 29.6. The molecule has 1 aliphatic carbocycles. The fourth-order valence-electron chi connectivity index (χ4n) is 3.66. The molecule has 0 spiro atoms. The summed E-state index contributed by atoms with van der Waals surface area (Å²) in [6.07, 6.45) is 10.5. The van der Waals surface area contributed by atoms with E-state index in [9.17, 15) is 14.7 Å². The van der Waals surface area contributed by atoms with Gasteiger partial charge in [0.1, 0.15) is 0 Å². The Labute approximate surface area is 130 Å². The van der Waals surface area contributed by atoms with Crippen molar-refractivity contribution < 1.29 is 14.7 Å². The molecule has 1 aromatic rings. The third kappa shape index (κ3) is 3.13. The highest BCUT2D eigenvalue weighted by Crippen LogP contribution is 2.28. The third-order valence-electron chi connectivity index (χ3n) is 4.91. The van der Waals surface area contributed by atoms with Crippen molar-refractivity contribution in [2.45, 2.75) is 51.5 Å². The zero-order chi connectivity index (χ0) is 15.5. The lowest BCUT2D eigenvalue weighted by atomic mass is 9.86. The minimum atomic E-state index is -0.939. The van der Waals surface area contributed by atoms with Crippen LogP contribution < -0.4 is 0 Å². The summed E-state index contributed by atoms with van der Waals surface area (Å²) in [6.45, 7) is 1.11. The normalized spacial score (nSPS) is 18.8. The van der Waals surface area contributed by atoms with Gasteiger partial charge in [0.05, 0.1) is 5.56 Å². The van der Waals surface area contributed by atoms with E-state index >= 15 is 0 Å². The van der Waals surface area contributed by atoms with E-state index in [0.29, 0.717) is 31.8 Å². The second-order valence-corrected chi connectivity index (χ2v) is 6.40. The van der Waals surface area contributed by atoms with Gasteiger partial charge in [-0.1, -0.05) is 19.3 Å². The van der Waals surface area contributed by atoms with Crippen LogP contribution in [0.3, 0.4) is 0 Å². The number of fused-ring (bicyclic) bond motifs is 1. The molecule has 1 N–H and O–H groups in total. The molecule has 0 unspecified atom stereocenters. The first-order valence-corrected chi connectivity index (χ1v) is 8.12. The van der Waals surface area contributed by atoms with Gasteiger partial charge < -0.3 is 10.0 Å². The quantitative estimate of drug-likeness (QED) is 0.931. The van der Waals surface area contributed by atoms with Crippen LogP contribution in [0.15, 0.2) is 12.4 Å². The largest absolute Gasteiger partial charge is 0.478 e. The zero-order valence-corrected chi connectivity index (χ0v) is 12.8. The summed E-state index contributed by atoms with van der Waals surface area (Å²) in [7, 11) is 0. The maximum absolute atomic E-state index is 12.5. The number of pyridine rings is 1. The molecule has 118 valence electrons. The van der Waals surface area contributed by atoms with E-state index in [1.807, 2.05) is 4.90 Å². The van der Waals surface area contributed by atoms with Gasteiger partial charge in [-0.2, -0.15) is 0 Å². The molecule has 22 heavy (non-hydrogen) atoms. The summed E-state index contributed by atoms with van der Waals surface area (Å²) in [5.74, 6) is -0.198. The van der Waals surface area contributed by atoms with Gasteiger partial charge >= 0.3 is 5.97 Å². The number of hydrogen-bond acceptors (Lipinski definition) is 3. The molecule has 1 aliphatic heterocycles. The molecule has 1 saturated carbocycles. The molecule has 3 rings (SSSR count). The first-order chi connectivity index (χ1) is 10.6. The van der Waals surface area contributed by atoms with Gasteiger partial charge in [0.2, 0.25) is 5.91 Å². The minimum absolute atomic E-state index is 0.207. The van der Waals surface area contributed by atoms with Crippen molar-refractivity contribution in [3.05, 3.63) is 29.1 Å². The van der Waals surface area contributed by atoms with Crippen LogP contribution in [0.2, 0.25) is 0 Å². The molecule has 2 aliphatic rings. The highest BCUT2D eigenvalue weighted by molar-refractivity contribution is 5.89. The van der Waals surface area contributed by atoms with Crippen LogP contribution in [0, 0.1) is 5.92 Å². The molecule has 5 nitrogen and oxygen atoms in total. The lowest BCUT2D eigenvalue weighted by Crippen LogP contribution is -2.37. The molecule has 0 saturated heterocycles. The molecule has 0 aromatic carbocycles. The highest BCUT2D eigenvalue weighted by Gasteiger charge is 2.26. The van der Waals surface area contributed by atoms with Gasteiger partial charge in [-0.25, -0.2) is 4.79 Å². The number of carboxylic acid groups (broad SMARTS) is 1. The van der Waals surface area contributed by atoms with Gasteiger partial charge in [-0.3, -0.25) is 9.78 Å². The molecule has 1 aromatic heterocycles. The van der Waals surface area contributed by atoms with Crippen LogP contribution in [0.25, 0.3) is 0 Å². The van der Waals surface area contributed by atoms with Gasteiger partial charge in [0.25, 0.3) is 0 Å². The Morgan fingerprint density at radius 3 is 2.73 bits per heavy atom.